The third kappa shape index (κ3) is 2.80. The molecule has 1 heterocycles. The molecular weight excluding hydrogens is 276 g/mol. The van der Waals surface area contributed by atoms with Crippen LogP contribution in [0, 0.1) is 6.92 Å². The summed E-state index contributed by atoms with van der Waals surface area (Å²) in [6.07, 6.45) is 3.59. The largest absolute Gasteiger partial charge is 0.264 e. The molecule has 2 aromatic rings. The van der Waals surface area contributed by atoms with Gasteiger partial charge >= 0.3 is 0 Å². The van der Waals surface area contributed by atoms with E-state index >= 15 is 0 Å². The smallest absolute Gasteiger partial charge is 0.0804 e. The van der Waals surface area contributed by atoms with E-state index in [1.54, 1.807) is 6.20 Å². The highest BCUT2D eigenvalue weighted by Gasteiger charge is 2.03. The number of aliphatic imine (C=N–C) groups is 1. The molecule has 0 saturated heterocycles. The van der Waals surface area contributed by atoms with Gasteiger partial charge in [-0.15, -0.1) is 0 Å². The molecule has 0 aliphatic carbocycles. The molecule has 2 rings (SSSR count). The van der Waals surface area contributed by atoms with Crippen LogP contribution in [0.4, 0.5) is 5.69 Å². The number of benzene rings is 1. The summed E-state index contributed by atoms with van der Waals surface area (Å²) < 4.78 is 1.01. The Labute approximate surface area is 110 Å². The zero-order valence-corrected chi connectivity index (χ0v) is 11.4. The second-order valence-electron chi connectivity index (χ2n) is 3.84. The van der Waals surface area contributed by atoms with Crippen LogP contribution < -0.4 is 0 Å². The molecule has 0 spiro atoms. The number of rotatable bonds is 2. The summed E-state index contributed by atoms with van der Waals surface area (Å²) >= 11 is 3.53. The lowest BCUT2D eigenvalue weighted by molar-refractivity contribution is 1.30. The second-order valence-corrected chi connectivity index (χ2v) is 4.70. The average Bonchev–Trinajstić information content (AvgIpc) is 2.35. The maximum Gasteiger partial charge on any atom is 0.0804 e. The number of para-hydroxylation sites is 1. The minimum atomic E-state index is 0.966. The van der Waals surface area contributed by atoms with Gasteiger partial charge in [0, 0.05) is 28.1 Å². The molecule has 0 fully saturated rings. The zero-order chi connectivity index (χ0) is 12.3. The molecule has 0 radical (unpaired) electrons. The summed E-state index contributed by atoms with van der Waals surface area (Å²) in [7, 11) is 0. The number of hydrogen-bond acceptors (Lipinski definition) is 2. The van der Waals surface area contributed by atoms with Gasteiger partial charge in [-0.3, -0.25) is 9.98 Å². The van der Waals surface area contributed by atoms with E-state index in [4.69, 9.17) is 0 Å². The van der Waals surface area contributed by atoms with Crippen molar-refractivity contribution in [3.05, 3.63) is 58.3 Å². The highest BCUT2D eigenvalue weighted by molar-refractivity contribution is 9.10. The lowest BCUT2D eigenvalue weighted by Crippen LogP contribution is -1.94. The third-order valence-corrected chi connectivity index (χ3v) is 3.19. The molecule has 1 aromatic heterocycles. The van der Waals surface area contributed by atoms with E-state index in [9.17, 15) is 0 Å². The van der Waals surface area contributed by atoms with Gasteiger partial charge in [-0.25, -0.2) is 0 Å². The molecule has 2 nitrogen and oxygen atoms in total. The van der Waals surface area contributed by atoms with Gasteiger partial charge in [0.2, 0.25) is 0 Å². The normalized spacial score (nSPS) is 11.6. The molecule has 0 bridgehead atoms. The van der Waals surface area contributed by atoms with Crippen molar-refractivity contribution in [1.29, 1.82) is 0 Å². The number of pyridine rings is 1. The molecular formula is C14H13BrN2. The van der Waals surface area contributed by atoms with E-state index in [2.05, 4.69) is 38.9 Å². The molecule has 0 aliphatic rings. The molecule has 0 saturated carbocycles. The van der Waals surface area contributed by atoms with E-state index in [0.29, 0.717) is 0 Å². The van der Waals surface area contributed by atoms with E-state index in [1.807, 2.05) is 37.4 Å². The summed E-state index contributed by atoms with van der Waals surface area (Å²) in [6.45, 7) is 4.05. The van der Waals surface area contributed by atoms with Crippen molar-refractivity contribution in [1.82, 2.24) is 4.98 Å². The minimum absolute atomic E-state index is 0.966. The molecule has 86 valence electrons. The van der Waals surface area contributed by atoms with Gasteiger partial charge < -0.3 is 0 Å². The fourth-order valence-corrected chi connectivity index (χ4v) is 2.13. The van der Waals surface area contributed by atoms with Gasteiger partial charge in [-0.1, -0.05) is 18.2 Å². The van der Waals surface area contributed by atoms with Crippen LogP contribution in [0.15, 0.2) is 52.2 Å². The third-order valence-electron chi connectivity index (χ3n) is 2.55. The first-order chi connectivity index (χ1) is 8.18. The first-order valence-corrected chi connectivity index (χ1v) is 6.18. The van der Waals surface area contributed by atoms with Crippen molar-refractivity contribution >= 4 is 27.3 Å². The van der Waals surface area contributed by atoms with Crippen LogP contribution in [0.3, 0.4) is 0 Å². The summed E-state index contributed by atoms with van der Waals surface area (Å²) in [5.74, 6) is 0. The lowest BCUT2D eigenvalue weighted by atomic mass is 10.1. The standard InChI is InChI=1S/C14H13BrN2/c1-10-5-3-7-13(15)14(10)17-11(2)12-6-4-8-16-9-12/h3-9H,1-2H3. The Morgan fingerprint density at radius 1 is 1.24 bits per heavy atom. The highest BCUT2D eigenvalue weighted by atomic mass is 79.9. The Hall–Kier alpha value is -1.48. The maximum absolute atomic E-state index is 4.66. The van der Waals surface area contributed by atoms with Crippen molar-refractivity contribution in [3.8, 4) is 0 Å². The molecule has 0 amide bonds. The Kier molecular flexibility index (Phi) is 3.69. The monoisotopic (exact) mass is 288 g/mol. The van der Waals surface area contributed by atoms with E-state index in [0.717, 1.165) is 27.0 Å². The van der Waals surface area contributed by atoms with Gasteiger partial charge in [0.1, 0.15) is 0 Å². The van der Waals surface area contributed by atoms with Gasteiger partial charge in [0.25, 0.3) is 0 Å². The topological polar surface area (TPSA) is 25.2 Å². The Bertz CT molecular complexity index is 527. The van der Waals surface area contributed by atoms with Crippen LogP contribution in [-0.2, 0) is 0 Å². The van der Waals surface area contributed by atoms with Crippen LogP contribution in [0.5, 0.6) is 0 Å². The van der Waals surface area contributed by atoms with E-state index in [-0.39, 0.29) is 0 Å². The Balaban J connectivity index is 2.43. The predicted octanol–water partition coefficient (Wildman–Crippen LogP) is 4.29. The van der Waals surface area contributed by atoms with Crippen LogP contribution in [0.25, 0.3) is 0 Å². The Morgan fingerprint density at radius 2 is 2.06 bits per heavy atom. The first-order valence-electron chi connectivity index (χ1n) is 5.39. The van der Waals surface area contributed by atoms with Crippen LogP contribution in [0.1, 0.15) is 18.1 Å². The van der Waals surface area contributed by atoms with Crippen LogP contribution >= 0.6 is 15.9 Å². The average molecular weight is 289 g/mol. The quantitative estimate of drug-likeness (QED) is 0.757. The van der Waals surface area contributed by atoms with Crippen molar-refractivity contribution in [3.63, 3.8) is 0 Å². The molecule has 0 N–H and O–H groups in total. The van der Waals surface area contributed by atoms with Gasteiger partial charge in [0.15, 0.2) is 0 Å². The predicted molar refractivity (Wildman–Crippen MR) is 75.0 cm³/mol. The molecule has 17 heavy (non-hydrogen) atoms. The number of nitrogens with zero attached hydrogens (tertiary/aromatic N) is 2. The molecule has 0 atom stereocenters. The van der Waals surface area contributed by atoms with Crippen LogP contribution in [-0.4, -0.2) is 10.7 Å². The minimum Gasteiger partial charge on any atom is -0.264 e. The first kappa shape index (κ1) is 12.0. The van der Waals surface area contributed by atoms with Crippen LogP contribution in [0.2, 0.25) is 0 Å². The number of halogens is 1. The fraction of sp³-hybridized carbons (Fsp3) is 0.143. The maximum atomic E-state index is 4.66. The Morgan fingerprint density at radius 3 is 2.71 bits per heavy atom. The summed E-state index contributed by atoms with van der Waals surface area (Å²) in [4.78, 5) is 8.76. The fourth-order valence-electron chi connectivity index (χ4n) is 1.57. The highest BCUT2D eigenvalue weighted by Crippen LogP contribution is 2.29. The van der Waals surface area contributed by atoms with Crippen molar-refractivity contribution in [2.45, 2.75) is 13.8 Å². The summed E-state index contributed by atoms with van der Waals surface area (Å²) in [5, 5.41) is 0. The lowest BCUT2D eigenvalue weighted by Gasteiger charge is -2.05. The van der Waals surface area contributed by atoms with Gasteiger partial charge in [0.05, 0.1) is 5.69 Å². The van der Waals surface area contributed by atoms with E-state index in [1.165, 1.54) is 0 Å². The molecule has 0 unspecified atom stereocenters. The molecule has 0 aliphatic heterocycles. The second kappa shape index (κ2) is 5.23. The SMILES string of the molecule is CC(=Nc1c(C)cccc1Br)c1cccnc1. The summed E-state index contributed by atoms with van der Waals surface area (Å²) in [5.41, 5.74) is 4.15. The van der Waals surface area contributed by atoms with E-state index < -0.39 is 0 Å². The zero-order valence-electron chi connectivity index (χ0n) is 9.81. The van der Waals surface area contributed by atoms with Gasteiger partial charge in [-0.05, 0) is 47.5 Å². The number of aryl methyl sites for hydroxylation is 1. The number of hydrogen-bond donors (Lipinski definition) is 0. The van der Waals surface area contributed by atoms with Gasteiger partial charge in [-0.2, -0.15) is 0 Å². The molecule has 1 aromatic carbocycles. The van der Waals surface area contributed by atoms with Crippen molar-refractivity contribution in [2.24, 2.45) is 4.99 Å². The molecule has 3 heteroatoms. The number of aromatic nitrogens is 1. The van der Waals surface area contributed by atoms with Crippen molar-refractivity contribution in [2.75, 3.05) is 0 Å². The summed E-state index contributed by atoms with van der Waals surface area (Å²) in [6, 6.07) is 10.00. The van der Waals surface area contributed by atoms with Crippen molar-refractivity contribution < 1.29 is 0 Å².